The van der Waals surface area contributed by atoms with Crippen molar-refractivity contribution >= 4 is 34.8 Å². The molecule has 5 nitrogen and oxygen atoms in total. The van der Waals surface area contributed by atoms with Crippen LogP contribution < -0.4 is 9.64 Å². The van der Waals surface area contributed by atoms with E-state index in [-0.39, 0.29) is 5.56 Å². The number of carbonyl (C=O) groups is 2. The van der Waals surface area contributed by atoms with Gasteiger partial charge in [0.05, 0.1) is 19.8 Å². The van der Waals surface area contributed by atoms with Crippen molar-refractivity contribution < 1.29 is 23.5 Å². The molecule has 4 aromatic carbocycles. The number of aldehydes is 1. The molecule has 0 amide bonds. The minimum Gasteiger partial charge on any atom is -0.497 e. The first-order valence-electron chi connectivity index (χ1n) is 13.9. The number of hydrogen-bond acceptors (Lipinski definition) is 5. The van der Waals surface area contributed by atoms with Gasteiger partial charge in [-0.3, -0.25) is 4.79 Å². The summed E-state index contributed by atoms with van der Waals surface area (Å²) in [6.07, 6.45) is 7.61. The molecule has 1 saturated heterocycles. The van der Waals surface area contributed by atoms with Gasteiger partial charge in [-0.1, -0.05) is 36.4 Å². The smallest absolute Gasteiger partial charge is 0.338 e. The van der Waals surface area contributed by atoms with Gasteiger partial charge >= 0.3 is 5.97 Å². The quantitative estimate of drug-likeness (QED) is 0.191. The SMILES string of the molecule is COC(=O)c1c2c(c3cc(C=O)cc(F)c3c1C)CC(c1ccc(OC)cc1)(c1ccc(N3CCCC3)cc1)C=C2. The zero-order valence-electron chi connectivity index (χ0n) is 23.5. The van der Waals surface area contributed by atoms with Gasteiger partial charge in [0.25, 0.3) is 0 Å². The fraction of sp³-hybridized carbons (Fsp3) is 0.257. The number of methoxy groups -OCH3 is 2. The van der Waals surface area contributed by atoms with Gasteiger partial charge in [-0.2, -0.15) is 0 Å². The molecule has 1 heterocycles. The Hall–Kier alpha value is -4.45. The molecule has 41 heavy (non-hydrogen) atoms. The van der Waals surface area contributed by atoms with Crippen LogP contribution in [0.1, 0.15) is 61.4 Å². The Balaban J connectivity index is 1.61. The van der Waals surface area contributed by atoms with Crippen LogP contribution in [0, 0.1) is 12.7 Å². The summed E-state index contributed by atoms with van der Waals surface area (Å²) in [5, 5.41) is 0.959. The van der Waals surface area contributed by atoms with Crippen molar-refractivity contribution in [2.75, 3.05) is 32.2 Å². The maximum absolute atomic E-state index is 15.6. The number of hydrogen-bond donors (Lipinski definition) is 0. The zero-order chi connectivity index (χ0) is 28.7. The van der Waals surface area contributed by atoms with E-state index in [1.165, 1.54) is 31.7 Å². The van der Waals surface area contributed by atoms with Crippen LogP contribution >= 0.6 is 0 Å². The molecule has 0 spiro atoms. The van der Waals surface area contributed by atoms with Crippen molar-refractivity contribution in [3.63, 3.8) is 0 Å². The zero-order valence-corrected chi connectivity index (χ0v) is 23.5. The van der Waals surface area contributed by atoms with Crippen LogP contribution in [0.5, 0.6) is 5.75 Å². The standard InChI is InChI=1S/C35H32FNO4/c1-22-32-29(18-23(21-38)19-31(32)36)30-20-35(25-8-12-27(40-2)13-9-25,15-14-28(30)33(22)34(39)41-3)24-6-10-26(11-7-24)37-16-4-5-17-37/h6-15,18-19,21H,4-5,16-17,20H2,1-3H3. The summed E-state index contributed by atoms with van der Waals surface area (Å²) in [5.41, 5.74) is 5.28. The molecule has 6 heteroatoms. The number of benzene rings is 4. The number of carbonyl (C=O) groups excluding carboxylic acids is 2. The summed E-state index contributed by atoms with van der Waals surface area (Å²) in [5.74, 6) is -0.300. The van der Waals surface area contributed by atoms with Gasteiger partial charge in [0.2, 0.25) is 0 Å². The van der Waals surface area contributed by atoms with Gasteiger partial charge < -0.3 is 14.4 Å². The lowest BCUT2D eigenvalue weighted by Gasteiger charge is -2.37. The Morgan fingerprint density at radius 1 is 0.976 bits per heavy atom. The van der Waals surface area contributed by atoms with Crippen molar-refractivity contribution in [3.05, 3.63) is 112 Å². The Kier molecular flexibility index (Phi) is 6.86. The molecule has 0 N–H and O–H groups in total. The highest BCUT2D eigenvalue weighted by molar-refractivity contribution is 6.06. The molecule has 1 unspecified atom stereocenters. The first-order valence-corrected chi connectivity index (χ1v) is 13.9. The number of aryl methyl sites for hydroxylation is 1. The molecule has 1 aliphatic carbocycles. The van der Waals surface area contributed by atoms with Crippen LogP contribution in [0.4, 0.5) is 10.1 Å². The highest BCUT2D eigenvalue weighted by Gasteiger charge is 2.38. The number of esters is 1. The average molecular weight is 550 g/mol. The number of allylic oxidation sites excluding steroid dienone is 1. The molecule has 2 aliphatic rings. The first-order chi connectivity index (χ1) is 19.9. The fourth-order valence-electron chi connectivity index (χ4n) is 6.64. The van der Waals surface area contributed by atoms with E-state index in [1.807, 2.05) is 18.2 Å². The van der Waals surface area contributed by atoms with Gasteiger partial charge in [0.15, 0.2) is 0 Å². The molecule has 4 aromatic rings. The largest absolute Gasteiger partial charge is 0.497 e. The second-order valence-electron chi connectivity index (χ2n) is 10.9. The minimum atomic E-state index is -0.619. The number of halogens is 1. The third-order valence-corrected chi connectivity index (χ3v) is 8.76. The van der Waals surface area contributed by atoms with Crippen LogP contribution in [0.2, 0.25) is 0 Å². The number of ether oxygens (including phenoxy) is 2. The van der Waals surface area contributed by atoms with Crippen molar-refractivity contribution in [2.45, 2.75) is 31.6 Å². The van der Waals surface area contributed by atoms with Crippen LogP contribution in [0.15, 0.2) is 66.7 Å². The maximum Gasteiger partial charge on any atom is 0.338 e. The molecule has 0 aromatic heterocycles. The Morgan fingerprint density at radius 2 is 1.63 bits per heavy atom. The van der Waals surface area contributed by atoms with Gasteiger partial charge in [0, 0.05) is 35.1 Å². The molecule has 0 bridgehead atoms. The van der Waals surface area contributed by atoms with Crippen LogP contribution in [-0.2, 0) is 16.6 Å². The molecule has 6 rings (SSSR count). The summed E-state index contributed by atoms with van der Waals surface area (Å²) in [4.78, 5) is 27.2. The topological polar surface area (TPSA) is 55.8 Å². The second kappa shape index (κ2) is 10.5. The molecule has 1 aliphatic heterocycles. The van der Waals surface area contributed by atoms with E-state index in [9.17, 15) is 9.59 Å². The van der Waals surface area contributed by atoms with E-state index in [1.54, 1.807) is 20.1 Å². The fourth-order valence-corrected chi connectivity index (χ4v) is 6.64. The number of fused-ring (bicyclic) bond motifs is 3. The van der Waals surface area contributed by atoms with Gasteiger partial charge in [-0.05, 0) is 95.8 Å². The lowest BCUT2D eigenvalue weighted by Crippen LogP contribution is -2.31. The van der Waals surface area contributed by atoms with Crippen molar-refractivity contribution in [1.82, 2.24) is 0 Å². The molecule has 1 fully saturated rings. The Labute approximate surface area is 239 Å². The predicted molar refractivity (Wildman–Crippen MR) is 160 cm³/mol. The monoisotopic (exact) mass is 549 g/mol. The predicted octanol–water partition coefficient (Wildman–Crippen LogP) is 7.05. The lowest BCUT2D eigenvalue weighted by atomic mass is 9.66. The third kappa shape index (κ3) is 4.38. The maximum atomic E-state index is 15.6. The Morgan fingerprint density at radius 3 is 2.24 bits per heavy atom. The molecule has 208 valence electrons. The first kappa shape index (κ1) is 26.8. The molecule has 1 atom stereocenters. The van der Waals surface area contributed by atoms with Gasteiger partial charge in [0.1, 0.15) is 17.9 Å². The lowest BCUT2D eigenvalue weighted by molar-refractivity contribution is 0.0599. The summed E-state index contributed by atoms with van der Waals surface area (Å²) in [7, 11) is 2.97. The van der Waals surface area contributed by atoms with E-state index >= 15 is 4.39 Å². The van der Waals surface area contributed by atoms with E-state index < -0.39 is 17.2 Å². The van der Waals surface area contributed by atoms with E-state index in [4.69, 9.17) is 9.47 Å². The van der Waals surface area contributed by atoms with Crippen LogP contribution in [-0.4, -0.2) is 39.6 Å². The van der Waals surface area contributed by atoms with E-state index in [0.29, 0.717) is 40.2 Å². The molecular formula is C35H32FNO4. The molecule has 0 saturated carbocycles. The van der Waals surface area contributed by atoms with Gasteiger partial charge in [-0.15, -0.1) is 0 Å². The third-order valence-electron chi connectivity index (χ3n) is 8.76. The highest BCUT2D eigenvalue weighted by atomic mass is 19.1. The number of rotatable bonds is 6. The summed E-state index contributed by atoms with van der Waals surface area (Å²) < 4.78 is 26.2. The normalized spacial score (nSPS) is 17.9. The second-order valence-corrected chi connectivity index (χ2v) is 10.9. The number of nitrogens with zero attached hydrogens (tertiary/aromatic N) is 1. The van der Waals surface area contributed by atoms with Crippen molar-refractivity contribution in [3.8, 4) is 5.75 Å². The van der Waals surface area contributed by atoms with Crippen LogP contribution in [0.3, 0.4) is 0 Å². The minimum absolute atomic E-state index is 0.252. The number of anilines is 1. The highest BCUT2D eigenvalue weighted by Crippen LogP contribution is 2.46. The summed E-state index contributed by atoms with van der Waals surface area (Å²) >= 11 is 0. The van der Waals surface area contributed by atoms with E-state index in [0.717, 1.165) is 35.5 Å². The molecular weight excluding hydrogens is 517 g/mol. The summed E-state index contributed by atoms with van der Waals surface area (Å²) in [6, 6.07) is 19.6. The summed E-state index contributed by atoms with van der Waals surface area (Å²) in [6.45, 7) is 3.85. The average Bonchev–Trinajstić information content (AvgIpc) is 3.56. The Bertz CT molecular complexity index is 1690. The van der Waals surface area contributed by atoms with Crippen molar-refractivity contribution in [2.24, 2.45) is 0 Å². The van der Waals surface area contributed by atoms with Gasteiger partial charge in [-0.25, -0.2) is 9.18 Å². The van der Waals surface area contributed by atoms with Crippen LogP contribution in [0.25, 0.3) is 16.8 Å². The van der Waals surface area contributed by atoms with E-state index in [2.05, 4.69) is 47.4 Å². The molecule has 0 radical (unpaired) electrons. The van der Waals surface area contributed by atoms with Crippen molar-refractivity contribution in [1.29, 1.82) is 0 Å².